The molecule has 0 radical (unpaired) electrons. The van der Waals surface area contributed by atoms with E-state index in [0.717, 1.165) is 0 Å². The number of anilines is 1. The summed E-state index contributed by atoms with van der Waals surface area (Å²) in [6, 6.07) is 9.60. The maximum absolute atomic E-state index is 12.4. The summed E-state index contributed by atoms with van der Waals surface area (Å²) in [4.78, 5) is 12.4. The first-order valence-corrected chi connectivity index (χ1v) is 6.22. The maximum Gasteiger partial charge on any atom is 0.196 e. The molecule has 2 aromatic rings. The summed E-state index contributed by atoms with van der Waals surface area (Å²) in [6.45, 7) is 0. The van der Waals surface area contributed by atoms with Crippen LogP contribution in [0.2, 0.25) is 10.0 Å². The van der Waals surface area contributed by atoms with Crippen molar-refractivity contribution in [3.05, 3.63) is 57.6 Å². The Hall–Kier alpha value is -1.71. The molecule has 0 aliphatic carbocycles. The lowest BCUT2D eigenvalue weighted by atomic mass is 10.0. The number of methoxy groups -OCH3 is 1. The molecular weight excluding hydrogens is 285 g/mol. The van der Waals surface area contributed by atoms with Gasteiger partial charge in [-0.15, -0.1) is 0 Å². The normalized spacial score (nSPS) is 10.3. The van der Waals surface area contributed by atoms with E-state index in [1.165, 1.54) is 13.2 Å². The van der Waals surface area contributed by atoms with E-state index in [0.29, 0.717) is 32.6 Å². The Bertz CT molecular complexity index is 641. The number of hydrogen-bond acceptors (Lipinski definition) is 3. The molecule has 0 amide bonds. The molecule has 0 atom stereocenters. The van der Waals surface area contributed by atoms with E-state index in [2.05, 4.69) is 0 Å². The van der Waals surface area contributed by atoms with Gasteiger partial charge in [0.25, 0.3) is 0 Å². The zero-order valence-electron chi connectivity index (χ0n) is 10.1. The first kappa shape index (κ1) is 13.7. The van der Waals surface area contributed by atoms with Crippen LogP contribution in [0.5, 0.6) is 5.75 Å². The molecule has 5 heteroatoms. The van der Waals surface area contributed by atoms with E-state index in [4.69, 9.17) is 33.7 Å². The smallest absolute Gasteiger partial charge is 0.196 e. The number of carbonyl (C=O) groups excluding carboxylic acids is 1. The minimum absolute atomic E-state index is 0.248. The summed E-state index contributed by atoms with van der Waals surface area (Å²) in [7, 11) is 1.53. The van der Waals surface area contributed by atoms with Gasteiger partial charge >= 0.3 is 0 Å². The van der Waals surface area contributed by atoms with Gasteiger partial charge in [0.1, 0.15) is 5.75 Å². The zero-order valence-corrected chi connectivity index (χ0v) is 11.6. The third-order valence-electron chi connectivity index (χ3n) is 2.68. The fourth-order valence-corrected chi connectivity index (χ4v) is 2.13. The summed E-state index contributed by atoms with van der Waals surface area (Å²) in [5.74, 6) is 0.340. The standard InChI is InChI=1S/C14H11Cl2NO2/c1-19-9-3-5-10(12(16)7-9)14(18)11-4-2-8(15)6-13(11)17/h2-7H,17H2,1H3. The van der Waals surface area contributed by atoms with Crippen LogP contribution in [0.25, 0.3) is 0 Å². The van der Waals surface area contributed by atoms with Crippen LogP contribution in [-0.2, 0) is 0 Å². The van der Waals surface area contributed by atoms with Crippen LogP contribution in [0.15, 0.2) is 36.4 Å². The molecule has 0 heterocycles. The number of nitrogens with two attached hydrogens (primary N) is 1. The molecule has 98 valence electrons. The number of carbonyl (C=O) groups is 1. The molecule has 0 aliphatic rings. The predicted octanol–water partition coefficient (Wildman–Crippen LogP) is 3.82. The summed E-state index contributed by atoms with van der Waals surface area (Å²) < 4.78 is 5.04. The highest BCUT2D eigenvalue weighted by Crippen LogP contribution is 2.27. The van der Waals surface area contributed by atoms with Gasteiger partial charge in [-0.05, 0) is 36.4 Å². The monoisotopic (exact) mass is 295 g/mol. The van der Waals surface area contributed by atoms with Crippen LogP contribution in [0.4, 0.5) is 5.69 Å². The van der Waals surface area contributed by atoms with E-state index < -0.39 is 0 Å². The average Bonchev–Trinajstić information content (AvgIpc) is 2.37. The zero-order chi connectivity index (χ0) is 14.0. The highest BCUT2D eigenvalue weighted by atomic mass is 35.5. The van der Waals surface area contributed by atoms with Crippen LogP contribution in [-0.4, -0.2) is 12.9 Å². The quantitative estimate of drug-likeness (QED) is 0.692. The molecule has 0 fully saturated rings. The summed E-state index contributed by atoms with van der Waals surface area (Å²) in [5.41, 5.74) is 6.86. The second kappa shape index (κ2) is 5.51. The molecule has 0 spiro atoms. The van der Waals surface area contributed by atoms with Crippen LogP contribution >= 0.6 is 23.2 Å². The summed E-state index contributed by atoms with van der Waals surface area (Å²) in [5, 5.41) is 0.800. The van der Waals surface area contributed by atoms with Crippen LogP contribution < -0.4 is 10.5 Å². The minimum Gasteiger partial charge on any atom is -0.497 e. The van der Waals surface area contributed by atoms with Gasteiger partial charge in [-0.3, -0.25) is 4.79 Å². The molecule has 2 aromatic carbocycles. The van der Waals surface area contributed by atoms with Gasteiger partial charge in [0.05, 0.1) is 12.1 Å². The molecule has 0 unspecified atom stereocenters. The largest absolute Gasteiger partial charge is 0.497 e. The highest BCUT2D eigenvalue weighted by Gasteiger charge is 2.16. The molecule has 19 heavy (non-hydrogen) atoms. The number of rotatable bonds is 3. The van der Waals surface area contributed by atoms with Crippen molar-refractivity contribution in [1.29, 1.82) is 0 Å². The molecule has 2 N–H and O–H groups in total. The SMILES string of the molecule is COc1ccc(C(=O)c2ccc(Cl)cc2N)c(Cl)c1. The van der Waals surface area contributed by atoms with E-state index in [1.807, 2.05) is 0 Å². The molecule has 0 saturated carbocycles. The average molecular weight is 296 g/mol. The first-order chi connectivity index (χ1) is 9.02. The Labute approximate surface area is 120 Å². The van der Waals surface area contributed by atoms with Gasteiger partial charge < -0.3 is 10.5 Å². The van der Waals surface area contributed by atoms with E-state index >= 15 is 0 Å². The summed E-state index contributed by atoms with van der Waals surface area (Å²) >= 11 is 11.9. The van der Waals surface area contributed by atoms with Crippen molar-refractivity contribution in [3.8, 4) is 5.75 Å². The van der Waals surface area contributed by atoms with Crippen LogP contribution in [0, 0.1) is 0 Å². The van der Waals surface area contributed by atoms with Gasteiger partial charge in [-0.2, -0.15) is 0 Å². The number of ketones is 1. The summed E-state index contributed by atoms with van der Waals surface area (Å²) in [6.07, 6.45) is 0. The number of benzene rings is 2. The molecule has 0 aliphatic heterocycles. The molecule has 2 rings (SSSR count). The second-order valence-corrected chi connectivity index (χ2v) is 4.75. The first-order valence-electron chi connectivity index (χ1n) is 5.46. The lowest BCUT2D eigenvalue weighted by Gasteiger charge is -2.08. The molecule has 0 bridgehead atoms. The van der Waals surface area contributed by atoms with Gasteiger partial charge in [0, 0.05) is 21.8 Å². The van der Waals surface area contributed by atoms with Crippen molar-refractivity contribution in [2.75, 3.05) is 12.8 Å². The number of nitrogen functional groups attached to an aromatic ring is 1. The Morgan fingerprint density at radius 1 is 1.11 bits per heavy atom. The van der Waals surface area contributed by atoms with Crippen molar-refractivity contribution in [1.82, 2.24) is 0 Å². The lowest BCUT2D eigenvalue weighted by Crippen LogP contribution is -2.06. The molecule has 3 nitrogen and oxygen atoms in total. The molecule has 0 saturated heterocycles. The Kier molecular flexibility index (Phi) is 3.98. The van der Waals surface area contributed by atoms with Crippen molar-refractivity contribution in [2.45, 2.75) is 0 Å². The van der Waals surface area contributed by atoms with Crippen molar-refractivity contribution in [2.24, 2.45) is 0 Å². The van der Waals surface area contributed by atoms with Gasteiger partial charge in [-0.1, -0.05) is 23.2 Å². The lowest BCUT2D eigenvalue weighted by molar-refractivity contribution is 0.103. The van der Waals surface area contributed by atoms with E-state index in [1.54, 1.807) is 30.3 Å². The van der Waals surface area contributed by atoms with Gasteiger partial charge in [-0.25, -0.2) is 0 Å². The van der Waals surface area contributed by atoms with E-state index in [9.17, 15) is 4.79 Å². The van der Waals surface area contributed by atoms with Gasteiger partial charge in [0.2, 0.25) is 0 Å². The maximum atomic E-state index is 12.4. The number of ether oxygens (including phenoxy) is 1. The highest BCUT2D eigenvalue weighted by molar-refractivity contribution is 6.35. The minimum atomic E-state index is -0.248. The third kappa shape index (κ3) is 2.83. The predicted molar refractivity (Wildman–Crippen MR) is 77.3 cm³/mol. The molecular formula is C14H11Cl2NO2. The number of halogens is 2. The topological polar surface area (TPSA) is 52.3 Å². The Morgan fingerprint density at radius 3 is 2.37 bits per heavy atom. The molecule has 0 aromatic heterocycles. The van der Waals surface area contributed by atoms with Crippen molar-refractivity contribution in [3.63, 3.8) is 0 Å². The fourth-order valence-electron chi connectivity index (χ4n) is 1.69. The third-order valence-corrected chi connectivity index (χ3v) is 3.23. The fraction of sp³-hybridized carbons (Fsp3) is 0.0714. The van der Waals surface area contributed by atoms with Crippen LogP contribution in [0.3, 0.4) is 0 Å². The van der Waals surface area contributed by atoms with Crippen molar-refractivity contribution < 1.29 is 9.53 Å². The Balaban J connectivity index is 2.44. The van der Waals surface area contributed by atoms with E-state index in [-0.39, 0.29) is 5.78 Å². The van der Waals surface area contributed by atoms with Gasteiger partial charge in [0.15, 0.2) is 5.78 Å². The Morgan fingerprint density at radius 2 is 1.79 bits per heavy atom. The second-order valence-electron chi connectivity index (χ2n) is 3.91. The van der Waals surface area contributed by atoms with Crippen LogP contribution in [0.1, 0.15) is 15.9 Å². The number of hydrogen-bond donors (Lipinski definition) is 1. The van der Waals surface area contributed by atoms with Crippen molar-refractivity contribution >= 4 is 34.7 Å².